The summed E-state index contributed by atoms with van der Waals surface area (Å²) in [5.74, 6) is 5.02. The molecule has 2 nitrogen and oxygen atoms in total. The average Bonchev–Trinajstić information content (AvgIpc) is 2.68. The Hall–Kier alpha value is -1.40. The van der Waals surface area contributed by atoms with E-state index in [1.165, 1.54) is 5.56 Å². The van der Waals surface area contributed by atoms with E-state index < -0.39 is 0 Å². The van der Waals surface area contributed by atoms with Crippen molar-refractivity contribution >= 4 is 23.7 Å². The molecule has 0 spiro atoms. The largest absolute Gasteiger partial charge is 0.316 e. The van der Waals surface area contributed by atoms with Crippen LogP contribution < -0.4 is 0 Å². The van der Waals surface area contributed by atoms with Crippen molar-refractivity contribution in [3.05, 3.63) is 29.6 Å². The maximum atomic E-state index is 5.44. The number of terminal acetylenes is 1. The fourth-order valence-corrected chi connectivity index (χ4v) is 2.31. The lowest BCUT2D eigenvalue weighted by molar-refractivity contribution is 0.786. The number of hydrogen-bond donors (Lipinski definition) is 1. The van der Waals surface area contributed by atoms with Gasteiger partial charge >= 0.3 is 0 Å². The van der Waals surface area contributed by atoms with Crippen molar-refractivity contribution in [2.24, 2.45) is 0 Å². The minimum absolute atomic E-state index is 0.514. The lowest BCUT2D eigenvalue weighted by Crippen LogP contribution is -2.03. The number of benzene rings is 1. The molecule has 94 valence electrons. The minimum Gasteiger partial charge on any atom is -0.316 e. The zero-order valence-corrected chi connectivity index (χ0v) is 11.7. The van der Waals surface area contributed by atoms with E-state index in [1.807, 2.05) is 0 Å². The predicted molar refractivity (Wildman–Crippen MR) is 80.2 cm³/mol. The Morgan fingerprint density at radius 2 is 2.22 bits per heavy atom. The van der Waals surface area contributed by atoms with E-state index in [-0.39, 0.29) is 0 Å². The summed E-state index contributed by atoms with van der Waals surface area (Å²) in [5, 5.41) is 0. The van der Waals surface area contributed by atoms with Crippen molar-refractivity contribution in [2.75, 3.05) is 5.75 Å². The summed E-state index contributed by atoms with van der Waals surface area (Å²) in [6.45, 7) is 4.95. The fraction of sp³-hybridized carbons (Fsp3) is 0.400. The van der Waals surface area contributed by atoms with Gasteiger partial charge in [0, 0.05) is 6.42 Å². The number of thiol groups is 1. The predicted octanol–water partition coefficient (Wildman–Crippen LogP) is 3.27. The van der Waals surface area contributed by atoms with Gasteiger partial charge in [-0.15, -0.1) is 6.42 Å². The Morgan fingerprint density at radius 3 is 2.83 bits per heavy atom. The van der Waals surface area contributed by atoms with E-state index in [0.29, 0.717) is 12.5 Å². The number of imidazole rings is 1. The summed E-state index contributed by atoms with van der Waals surface area (Å²) in [5.41, 5.74) is 3.47. The van der Waals surface area contributed by atoms with Gasteiger partial charge in [-0.05, 0) is 29.4 Å². The molecule has 0 saturated heterocycles. The van der Waals surface area contributed by atoms with Gasteiger partial charge in [0.15, 0.2) is 0 Å². The van der Waals surface area contributed by atoms with Gasteiger partial charge in [0.2, 0.25) is 0 Å². The molecule has 0 N–H and O–H groups in total. The van der Waals surface area contributed by atoms with Crippen LogP contribution in [0.4, 0.5) is 0 Å². The van der Waals surface area contributed by atoms with Gasteiger partial charge in [-0.1, -0.05) is 25.8 Å². The molecule has 1 aromatic carbocycles. The fourth-order valence-electron chi connectivity index (χ4n) is 2.11. The molecule has 0 unspecified atom stereocenters. The van der Waals surface area contributed by atoms with Crippen LogP contribution in [-0.4, -0.2) is 15.3 Å². The number of fused-ring (bicyclic) bond motifs is 1. The summed E-state index contributed by atoms with van der Waals surface area (Å²) in [6, 6.07) is 6.44. The second kappa shape index (κ2) is 5.49. The number of nitrogens with zero attached hydrogens (tertiary/aromatic N) is 2. The van der Waals surface area contributed by atoms with Crippen molar-refractivity contribution in [1.29, 1.82) is 0 Å². The van der Waals surface area contributed by atoms with E-state index in [2.05, 4.69) is 60.1 Å². The van der Waals surface area contributed by atoms with Gasteiger partial charge in [0.1, 0.15) is 5.82 Å². The first-order chi connectivity index (χ1) is 8.67. The standard InChI is InChI=1S/C15H18N2S/c1-4-8-17-14-6-5-12(11(2)3)10-13(14)16-15(17)7-9-18/h1,5-6,10-11,18H,7-9H2,2-3H3. The maximum absolute atomic E-state index is 5.44. The Balaban J connectivity index is 2.57. The van der Waals surface area contributed by atoms with Crippen LogP contribution in [0.5, 0.6) is 0 Å². The highest BCUT2D eigenvalue weighted by molar-refractivity contribution is 7.80. The second-order valence-corrected chi connectivity index (χ2v) is 5.14. The highest BCUT2D eigenvalue weighted by Gasteiger charge is 2.10. The van der Waals surface area contributed by atoms with Crippen molar-refractivity contribution < 1.29 is 0 Å². The molecule has 3 heteroatoms. The quantitative estimate of drug-likeness (QED) is 0.658. The van der Waals surface area contributed by atoms with E-state index in [9.17, 15) is 0 Å². The molecule has 2 rings (SSSR count). The molecular formula is C15H18N2S. The molecule has 0 radical (unpaired) electrons. The summed E-state index contributed by atoms with van der Waals surface area (Å²) in [6.07, 6.45) is 6.28. The third-order valence-corrected chi connectivity index (χ3v) is 3.33. The second-order valence-electron chi connectivity index (χ2n) is 4.69. The Morgan fingerprint density at radius 1 is 1.44 bits per heavy atom. The van der Waals surface area contributed by atoms with Gasteiger partial charge in [0.05, 0.1) is 17.6 Å². The van der Waals surface area contributed by atoms with Crippen molar-refractivity contribution in [3.8, 4) is 12.3 Å². The molecular weight excluding hydrogens is 240 g/mol. The Kier molecular flexibility index (Phi) is 3.98. The summed E-state index contributed by atoms with van der Waals surface area (Å²) >= 11 is 4.28. The van der Waals surface area contributed by atoms with Crippen LogP contribution in [0.2, 0.25) is 0 Å². The molecule has 0 aliphatic heterocycles. The van der Waals surface area contributed by atoms with Crippen molar-refractivity contribution in [2.45, 2.75) is 32.7 Å². The van der Waals surface area contributed by atoms with Gasteiger partial charge in [0.25, 0.3) is 0 Å². The number of aromatic nitrogens is 2. The third kappa shape index (κ3) is 2.39. The molecule has 1 heterocycles. The number of aryl methyl sites for hydroxylation is 1. The van der Waals surface area contributed by atoms with Crippen LogP contribution in [0.25, 0.3) is 11.0 Å². The minimum atomic E-state index is 0.514. The Labute approximate surface area is 114 Å². The maximum Gasteiger partial charge on any atom is 0.111 e. The van der Waals surface area contributed by atoms with Gasteiger partial charge in [-0.3, -0.25) is 0 Å². The van der Waals surface area contributed by atoms with Crippen LogP contribution in [0, 0.1) is 12.3 Å². The lowest BCUT2D eigenvalue weighted by Gasteiger charge is -2.06. The summed E-state index contributed by atoms with van der Waals surface area (Å²) < 4.78 is 2.11. The highest BCUT2D eigenvalue weighted by atomic mass is 32.1. The SMILES string of the molecule is C#CCn1c(CCS)nc2cc(C(C)C)ccc21. The van der Waals surface area contributed by atoms with Crippen LogP contribution in [0.15, 0.2) is 18.2 Å². The monoisotopic (exact) mass is 258 g/mol. The highest BCUT2D eigenvalue weighted by Crippen LogP contribution is 2.22. The smallest absolute Gasteiger partial charge is 0.111 e. The first kappa shape index (κ1) is 13.0. The number of hydrogen-bond acceptors (Lipinski definition) is 2. The first-order valence-corrected chi connectivity index (χ1v) is 6.84. The van der Waals surface area contributed by atoms with E-state index in [0.717, 1.165) is 29.0 Å². The topological polar surface area (TPSA) is 17.8 Å². The summed E-state index contributed by atoms with van der Waals surface area (Å²) in [4.78, 5) is 4.68. The van der Waals surface area contributed by atoms with E-state index in [1.54, 1.807) is 0 Å². The first-order valence-electron chi connectivity index (χ1n) is 6.20. The summed E-state index contributed by atoms with van der Waals surface area (Å²) in [7, 11) is 0. The van der Waals surface area contributed by atoms with Gasteiger partial charge in [-0.2, -0.15) is 12.6 Å². The molecule has 0 bridgehead atoms. The van der Waals surface area contributed by atoms with Crippen LogP contribution in [0.3, 0.4) is 0 Å². The third-order valence-electron chi connectivity index (χ3n) is 3.10. The molecule has 2 aromatic rings. The van der Waals surface area contributed by atoms with Gasteiger partial charge in [-0.25, -0.2) is 4.98 Å². The Bertz CT molecular complexity index is 590. The van der Waals surface area contributed by atoms with Crippen LogP contribution >= 0.6 is 12.6 Å². The van der Waals surface area contributed by atoms with Crippen molar-refractivity contribution in [1.82, 2.24) is 9.55 Å². The molecule has 1 aromatic heterocycles. The molecule has 0 atom stereocenters. The zero-order valence-electron chi connectivity index (χ0n) is 10.8. The van der Waals surface area contributed by atoms with Crippen LogP contribution in [-0.2, 0) is 13.0 Å². The molecule has 0 aliphatic carbocycles. The number of rotatable bonds is 4. The molecule has 0 fully saturated rings. The van der Waals surface area contributed by atoms with Crippen LogP contribution in [0.1, 0.15) is 31.2 Å². The lowest BCUT2D eigenvalue weighted by atomic mass is 10.0. The average molecular weight is 258 g/mol. The molecule has 0 amide bonds. The molecule has 0 aliphatic rings. The molecule has 18 heavy (non-hydrogen) atoms. The normalized spacial score (nSPS) is 11.1. The van der Waals surface area contributed by atoms with E-state index >= 15 is 0 Å². The molecule has 0 saturated carbocycles. The van der Waals surface area contributed by atoms with Crippen molar-refractivity contribution in [3.63, 3.8) is 0 Å². The van der Waals surface area contributed by atoms with Gasteiger partial charge < -0.3 is 4.57 Å². The van der Waals surface area contributed by atoms with E-state index in [4.69, 9.17) is 6.42 Å². The zero-order chi connectivity index (χ0) is 13.1.